The molecule has 0 atom stereocenters. The largest absolute Gasteiger partial charge is 0.456 e. The highest BCUT2D eigenvalue weighted by Gasteiger charge is 2.51. The van der Waals surface area contributed by atoms with E-state index in [0.717, 1.165) is 72.8 Å². The van der Waals surface area contributed by atoms with Crippen molar-refractivity contribution in [2.75, 3.05) is 0 Å². The van der Waals surface area contributed by atoms with Crippen molar-refractivity contribution < 1.29 is 4.42 Å². The number of hydrogen-bond donors (Lipinski definition) is 0. The molecular formula is C49H38N4O. The molecule has 4 aliphatic carbocycles. The Morgan fingerprint density at radius 3 is 1.83 bits per heavy atom. The van der Waals surface area contributed by atoms with Gasteiger partial charge in [-0.25, -0.2) is 4.98 Å². The molecule has 0 aliphatic heterocycles. The van der Waals surface area contributed by atoms with E-state index in [9.17, 15) is 0 Å². The van der Waals surface area contributed by atoms with Gasteiger partial charge < -0.3 is 4.42 Å². The van der Waals surface area contributed by atoms with Gasteiger partial charge in [0.05, 0.1) is 11.0 Å². The molecule has 4 fully saturated rings. The van der Waals surface area contributed by atoms with Crippen LogP contribution < -0.4 is 0 Å². The number of fused-ring (bicyclic) bond motifs is 6. The molecule has 3 heterocycles. The molecule has 4 bridgehead atoms. The lowest BCUT2D eigenvalue weighted by Gasteiger charge is -2.57. The third-order valence-electron chi connectivity index (χ3n) is 13.0. The van der Waals surface area contributed by atoms with Crippen LogP contribution in [0.4, 0.5) is 0 Å². The van der Waals surface area contributed by atoms with Crippen molar-refractivity contribution in [1.82, 2.24) is 19.5 Å². The molecule has 0 spiro atoms. The summed E-state index contributed by atoms with van der Waals surface area (Å²) in [5.41, 5.74) is 9.88. The second kappa shape index (κ2) is 11.5. The van der Waals surface area contributed by atoms with E-state index in [1.54, 1.807) is 0 Å². The highest BCUT2D eigenvalue weighted by atomic mass is 16.3. The van der Waals surface area contributed by atoms with Crippen molar-refractivity contribution >= 4 is 43.7 Å². The van der Waals surface area contributed by atoms with Crippen LogP contribution in [0.1, 0.15) is 44.1 Å². The topological polar surface area (TPSA) is 56.7 Å². The van der Waals surface area contributed by atoms with Gasteiger partial charge in [0.1, 0.15) is 11.2 Å². The van der Waals surface area contributed by atoms with Crippen LogP contribution in [0, 0.1) is 17.8 Å². The van der Waals surface area contributed by atoms with Crippen molar-refractivity contribution in [3.8, 4) is 39.9 Å². The molecule has 9 aromatic rings. The van der Waals surface area contributed by atoms with Gasteiger partial charge in [-0.3, -0.25) is 4.57 Å². The monoisotopic (exact) mass is 698 g/mol. The molecular weight excluding hydrogens is 661 g/mol. The van der Waals surface area contributed by atoms with Gasteiger partial charge in [-0.1, -0.05) is 109 Å². The number of hydrogen-bond acceptors (Lipinski definition) is 4. The van der Waals surface area contributed by atoms with E-state index in [1.165, 1.54) is 55.0 Å². The minimum Gasteiger partial charge on any atom is -0.456 e. The van der Waals surface area contributed by atoms with E-state index < -0.39 is 0 Å². The summed E-state index contributed by atoms with van der Waals surface area (Å²) in [4.78, 5) is 15.8. The van der Waals surface area contributed by atoms with Crippen LogP contribution in [0.15, 0.2) is 144 Å². The quantitative estimate of drug-likeness (QED) is 0.180. The molecule has 13 rings (SSSR count). The van der Waals surface area contributed by atoms with Crippen molar-refractivity contribution in [1.29, 1.82) is 0 Å². The van der Waals surface area contributed by atoms with Crippen LogP contribution in [0.2, 0.25) is 0 Å². The van der Waals surface area contributed by atoms with E-state index in [-0.39, 0.29) is 0 Å². The second-order valence-electron chi connectivity index (χ2n) is 16.3. The minimum absolute atomic E-state index is 0.337. The van der Waals surface area contributed by atoms with Crippen molar-refractivity contribution in [3.63, 3.8) is 0 Å². The summed E-state index contributed by atoms with van der Waals surface area (Å²) in [7, 11) is 0. The van der Waals surface area contributed by atoms with Crippen LogP contribution >= 0.6 is 0 Å². The van der Waals surface area contributed by atoms with E-state index in [2.05, 4.69) is 132 Å². The lowest BCUT2D eigenvalue weighted by atomic mass is 9.48. The van der Waals surface area contributed by atoms with E-state index >= 15 is 0 Å². The molecule has 3 aromatic heterocycles. The molecule has 6 aromatic carbocycles. The van der Waals surface area contributed by atoms with Gasteiger partial charge in [0.2, 0.25) is 5.95 Å². The molecule has 0 saturated heterocycles. The number of nitrogens with zero attached hydrogens (tertiary/aromatic N) is 4. The fourth-order valence-corrected chi connectivity index (χ4v) is 11.0. The highest BCUT2D eigenvalue weighted by Crippen LogP contribution is 2.60. The Labute approximate surface area is 313 Å². The minimum atomic E-state index is 0.337. The molecule has 5 heteroatoms. The lowest BCUT2D eigenvalue weighted by molar-refractivity contribution is -0.00518. The summed E-state index contributed by atoms with van der Waals surface area (Å²) >= 11 is 0. The zero-order valence-electron chi connectivity index (χ0n) is 30.0. The molecule has 4 aliphatic rings. The summed E-state index contributed by atoms with van der Waals surface area (Å²) in [6.45, 7) is 0. The van der Waals surface area contributed by atoms with Gasteiger partial charge in [0.25, 0.3) is 0 Å². The number of aromatic nitrogens is 4. The van der Waals surface area contributed by atoms with Crippen molar-refractivity contribution in [3.05, 3.63) is 145 Å². The zero-order chi connectivity index (χ0) is 35.4. The molecule has 0 N–H and O–H groups in total. The summed E-state index contributed by atoms with van der Waals surface area (Å²) in [6.07, 6.45) is 8.39. The SMILES string of the molecule is c1ccc(-c2ccc3c4ccccc4n(-c4nc(-c5ccc(C67CC8CC(CC(C8)C6)C7)cc5)nc(-c5ccc6c(c5)oc5ccccc56)n4)c3c2)cc1. The Hall–Kier alpha value is -6.07. The second-order valence-corrected chi connectivity index (χ2v) is 16.3. The number of benzene rings is 6. The third-order valence-corrected chi connectivity index (χ3v) is 13.0. The summed E-state index contributed by atoms with van der Waals surface area (Å²) in [6, 6.07) is 49.7. The summed E-state index contributed by atoms with van der Waals surface area (Å²) in [5.74, 6) is 4.60. The first-order valence-corrected chi connectivity index (χ1v) is 19.5. The lowest BCUT2D eigenvalue weighted by Crippen LogP contribution is -2.48. The van der Waals surface area contributed by atoms with Gasteiger partial charge in [-0.15, -0.1) is 0 Å². The Morgan fingerprint density at radius 2 is 1.06 bits per heavy atom. The first-order chi connectivity index (χ1) is 26.6. The molecule has 5 nitrogen and oxygen atoms in total. The molecule has 0 amide bonds. The van der Waals surface area contributed by atoms with Gasteiger partial charge in [0.15, 0.2) is 11.6 Å². The van der Waals surface area contributed by atoms with E-state index in [4.69, 9.17) is 19.4 Å². The van der Waals surface area contributed by atoms with Gasteiger partial charge in [-0.2, -0.15) is 9.97 Å². The van der Waals surface area contributed by atoms with Gasteiger partial charge in [0, 0.05) is 32.7 Å². The maximum absolute atomic E-state index is 6.34. The Kier molecular flexibility index (Phi) is 6.45. The van der Waals surface area contributed by atoms with Crippen LogP contribution in [0.25, 0.3) is 83.6 Å². The predicted octanol–water partition coefficient (Wildman–Crippen LogP) is 12.3. The molecule has 0 unspecified atom stereocenters. The smallest absolute Gasteiger partial charge is 0.238 e. The number of rotatable bonds is 5. The standard InChI is InChI=1S/C49H38N4O/c1-2-8-33(9-3-1)35-16-20-39-38-10-4-6-12-42(38)53(43(39)25-35)48-51-46(34-14-18-37(19-15-34)49-27-30-22-31(28-49)24-32(23-30)29-49)50-47(52-48)36-17-21-41-40-11-5-7-13-44(40)54-45(41)26-36/h1-21,25-26,30-32H,22-24,27-29H2. The molecule has 54 heavy (non-hydrogen) atoms. The number of para-hydroxylation sites is 2. The van der Waals surface area contributed by atoms with Crippen LogP contribution in [-0.4, -0.2) is 19.5 Å². The zero-order valence-corrected chi connectivity index (χ0v) is 30.0. The molecule has 4 saturated carbocycles. The molecule has 260 valence electrons. The summed E-state index contributed by atoms with van der Waals surface area (Å²) < 4.78 is 8.56. The predicted molar refractivity (Wildman–Crippen MR) is 218 cm³/mol. The first-order valence-electron chi connectivity index (χ1n) is 19.5. The fraction of sp³-hybridized carbons (Fsp3) is 0.204. The first kappa shape index (κ1) is 30.4. The third kappa shape index (κ3) is 4.67. The normalized spacial score (nSPS) is 21.9. The maximum atomic E-state index is 6.34. The Morgan fingerprint density at radius 1 is 0.463 bits per heavy atom. The van der Waals surface area contributed by atoms with Crippen LogP contribution in [-0.2, 0) is 5.41 Å². The van der Waals surface area contributed by atoms with E-state index in [1.807, 2.05) is 12.1 Å². The van der Waals surface area contributed by atoms with E-state index in [0.29, 0.717) is 23.0 Å². The van der Waals surface area contributed by atoms with Gasteiger partial charge >= 0.3 is 0 Å². The Balaban J connectivity index is 1.05. The average molecular weight is 699 g/mol. The van der Waals surface area contributed by atoms with Crippen LogP contribution in [0.3, 0.4) is 0 Å². The number of furan rings is 1. The van der Waals surface area contributed by atoms with Gasteiger partial charge in [-0.05, 0) is 109 Å². The van der Waals surface area contributed by atoms with Crippen LogP contribution in [0.5, 0.6) is 0 Å². The maximum Gasteiger partial charge on any atom is 0.238 e. The summed E-state index contributed by atoms with van der Waals surface area (Å²) in [5, 5.41) is 4.52. The van der Waals surface area contributed by atoms with Crippen molar-refractivity contribution in [2.24, 2.45) is 17.8 Å². The molecule has 0 radical (unpaired) electrons. The Bertz CT molecular complexity index is 2880. The average Bonchev–Trinajstić information content (AvgIpc) is 3.75. The highest BCUT2D eigenvalue weighted by molar-refractivity contribution is 6.10. The fourth-order valence-electron chi connectivity index (χ4n) is 11.0. The van der Waals surface area contributed by atoms with Crippen molar-refractivity contribution in [2.45, 2.75) is 43.9 Å².